The van der Waals surface area contributed by atoms with Crippen LogP contribution in [0.2, 0.25) is 0 Å². The fraction of sp³-hybridized carbons (Fsp3) is 0.455. The zero-order chi connectivity index (χ0) is 22.7. The zero-order valence-electron chi connectivity index (χ0n) is 18.5. The van der Waals surface area contributed by atoms with Crippen LogP contribution >= 0.6 is 0 Å². The summed E-state index contributed by atoms with van der Waals surface area (Å²) in [4.78, 5) is 46.5. The first kappa shape index (κ1) is 22.0. The lowest BCUT2D eigenvalue weighted by molar-refractivity contribution is -0.121. The molecule has 2 aromatic heterocycles. The minimum atomic E-state index is -0.550. The van der Waals surface area contributed by atoms with Crippen LogP contribution in [0.4, 0.5) is 0 Å². The summed E-state index contributed by atoms with van der Waals surface area (Å²) in [6.07, 6.45) is 1.48. The minimum absolute atomic E-state index is 0.299. The molecule has 1 fully saturated rings. The van der Waals surface area contributed by atoms with Crippen LogP contribution in [-0.4, -0.2) is 73.7 Å². The first-order valence-corrected chi connectivity index (χ1v) is 10.8. The third-order valence-corrected chi connectivity index (χ3v) is 5.97. The second kappa shape index (κ2) is 9.49. The van der Waals surface area contributed by atoms with Gasteiger partial charge in [-0.3, -0.25) is 24.0 Å². The number of rotatable bonds is 7. The molecule has 10 heteroatoms. The van der Waals surface area contributed by atoms with E-state index >= 15 is 0 Å². The van der Waals surface area contributed by atoms with Gasteiger partial charge in [0.2, 0.25) is 5.91 Å². The average molecular weight is 440 g/mol. The molecule has 0 atom stereocenters. The summed E-state index contributed by atoms with van der Waals surface area (Å²) >= 11 is 0. The van der Waals surface area contributed by atoms with Gasteiger partial charge in [-0.1, -0.05) is 30.3 Å². The molecule has 1 saturated heterocycles. The number of imidazole rings is 1. The van der Waals surface area contributed by atoms with Crippen LogP contribution in [-0.2, 0) is 32.0 Å². The van der Waals surface area contributed by atoms with E-state index in [1.165, 1.54) is 16.5 Å². The highest BCUT2D eigenvalue weighted by Crippen LogP contribution is 2.08. The molecule has 1 aliphatic heterocycles. The fourth-order valence-corrected chi connectivity index (χ4v) is 4.10. The van der Waals surface area contributed by atoms with Crippen molar-refractivity contribution in [2.75, 3.05) is 39.3 Å². The van der Waals surface area contributed by atoms with E-state index in [9.17, 15) is 14.4 Å². The van der Waals surface area contributed by atoms with Crippen LogP contribution in [0.3, 0.4) is 0 Å². The molecule has 0 bridgehead atoms. The monoisotopic (exact) mass is 439 g/mol. The molecule has 0 radical (unpaired) electrons. The summed E-state index contributed by atoms with van der Waals surface area (Å²) in [5.74, 6) is -0.353. The standard InChI is InChI=1S/C22H29N7O3/c1-25-16-24-20-19(25)21(31)29(22(32)26(20)2)15-18(30)23-8-9-27-10-12-28(13-11-27)14-17-6-4-3-5-7-17/h3-7,16H,8-15H2,1-2H3,(H,23,30). The topological polar surface area (TPSA) is 97.4 Å². The van der Waals surface area contributed by atoms with E-state index in [0.29, 0.717) is 17.7 Å². The molecule has 32 heavy (non-hydrogen) atoms. The highest BCUT2D eigenvalue weighted by molar-refractivity contribution is 5.76. The Labute approximate surface area is 185 Å². The number of nitrogens with one attached hydrogen (secondary N) is 1. The van der Waals surface area contributed by atoms with Crippen molar-refractivity contribution in [1.29, 1.82) is 0 Å². The minimum Gasteiger partial charge on any atom is -0.353 e. The number of carbonyl (C=O) groups is 1. The number of hydrogen-bond donors (Lipinski definition) is 1. The number of carbonyl (C=O) groups excluding carboxylic acids is 1. The maximum absolute atomic E-state index is 12.7. The van der Waals surface area contributed by atoms with Crippen molar-refractivity contribution in [2.45, 2.75) is 13.1 Å². The van der Waals surface area contributed by atoms with Gasteiger partial charge in [0.1, 0.15) is 6.54 Å². The van der Waals surface area contributed by atoms with Gasteiger partial charge in [-0.15, -0.1) is 0 Å². The SMILES string of the molecule is Cn1cnc2c1c(=O)n(CC(=O)NCCN1CCN(Cc3ccccc3)CC1)c(=O)n2C. The van der Waals surface area contributed by atoms with Crippen LogP contribution in [0.5, 0.6) is 0 Å². The van der Waals surface area contributed by atoms with Gasteiger partial charge >= 0.3 is 5.69 Å². The van der Waals surface area contributed by atoms with E-state index < -0.39 is 11.2 Å². The van der Waals surface area contributed by atoms with E-state index in [4.69, 9.17) is 0 Å². The molecule has 10 nitrogen and oxygen atoms in total. The molecule has 1 aliphatic rings. The Kier molecular flexibility index (Phi) is 6.52. The Hall–Kier alpha value is -3.24. The largest absolute Gasteiger partial charge is 0.353 e. The van der Waals surface area contributed by atoms with E-state index in [2.05, 4.69) is 44.4 Å². The molecule has 0 spiro atoms. The molecule has 3 aromatic rings. The molecular formula is C22H29N7O3. The number of fused-ring (bicyclic) bond motifs is 1. The molecule has 4 rings (SSSR count). The Balaban J connectivity index is 1.26. The summed E-state index contributed by atoms with van der Waals surface area (Å²) in [6, 6.07) is 10.4. The number of amides is 1. The van der Waals surface area contributed by atoms with Crippen LogP contribution in [0.1, 0.15) is 5.56 Å². The summed E-state index contributed by atoms with van der Waals surface area (Å²) in [7, 11) is 3.23. The Morgan fingerprint density at radius 1 is 1.03 bits per heavy atom. The van der Waals surface area contributed by atoms with Crippen molar-refractivity contribution in [3.8, 4) is 0 Å². The number of piperazine rings is 1. The van der Waals surface area contributed by atoms with E-state index in [1.807, 2.05) is 6.07 Å². The lowest BCUT2D eigenvalue weighted by Crippen LogP contribution is -2.48. The number of nitrogens with zero attached hydrogens (tertiary/aromatic N) is 6. The second-order valence-electron chi connectivity index (χ2n) is 8.21. The second-order valence-corrected chi connectivity index (χ2v) is 8.21. The van der Waals surface area contributed by atoms with Gasteiger partial charge < -0.3 is 9.88 Å². The first-order valence-electron chi connectivity index (χ1n) is 10.8. The van der Waals surface area contributed by atoms with Gasteiger partial charge in [-0.2, -0.15) is 0 Å². The van der Waals surface area contributed by atoms with Crippen LogP contribution < -0.4 is 16.6 Å². The van der Waals surface area contributed by atoms with Crippen LogP contribution in [0.15, 0.2) is 46.2 Å². The zero-order valence-corrected chi connectivity index (χ0v) is 18.5. The Bertz CT molecular complexity index is 1200. The van der Waals surface area contributed by atoms with Crippen LogP contribution in [0, 0.1) is 0 Å². The molecule has 0 aliphatic carbocycles. The van der Waals surface area contributed by atoms with Crippen molar-refractivity contribution in [3.63, 3.8) is 0 Å². The molecule has 170 valence electrons. The molecule has 3 heterocycles. The predicted molar refractivity (Wildman–Crippen MR) is 121 cm³/mol. The lowest BCUT2D eigenvalue weighted by atomic mass is 10.2. The Morgan fingerprint density at radius 3 is 2.44 bits per heavy atom. The van der Waals surface area contributed by atoms with Gasteiger partial charge in [0.05, 0.1) is 6.33 Å². The highest BCUT2D eigenvalue weighted by Gasteiger charge is 2.18. The number of aryl methyl sites for hydroxylation is 2. The smallest absolute Gasteiger partial charge is 0.332 e. The van der Waals surface area contributed by atoms with Gasteiger partial charge in [0, 0.05) is 59.9 Å². The van der Waals surface area contributed by atoms with Crippen molar-refractivity contribution < 1.29 is 4.79 Å². The number of hydrogen-bond acceptors (Lipinski definition) is 6. The quantitative estimate of drug-likeness (QED) is 0.527. The van der Waals surface area contributed by atoms with Gasteiger partial charge in [0.15, 0.2) is 11.2 Å². The average Bonchev–Trinajstić information content (AvgIpc) is 3.19. The summed E-state index contributed by atoms with van der Waals surface area (Å²) in [5, 5.41) is 2.84. The van der Waals surface area contributed by atoms with E-state index in [-0.39, 0.29) is 12.5 Å². The fourth-order valence-electron chi connectivity index (χ4n) is 4.10. The lowest BCUT2D eigenvalue weighted by Gasteiger charge is -2.34. The molecule has 0 saturated carbocycles. The molecular weight excluding hydrogens is 410 g/mol. The van der Waals surface area contributed by atoms with Crippen molar-refractivity contribution in [1.82, 2.24) is 33.8 Å². The molecule has 1 N–H and O–H groups in total. The third-order valence-electron chi connectivity index (χ3n) is 5.97. The van der Waals surface area contributed by atoms with Crippen LogP contribution in [0.25, 0.3) is 11.2 Å². The third kappa shape index (κ3) is 4.66. The predicted octanol–water partition coefficient (Wildman–Crippen LogP) is -0.632. The first-order chi connectivity index (χ1) is 15.4. The highest BCUT2D eigenvalue weighted by atomic mass is 16.2. The molecule has 1 amide bonds. The maximum Gasteiger partial charge on any atom is 0.332 e. The van der Waals surface area contributed by atoms with E-state index in [1.54, 1.807) is 18.7 Å². The number of benzene rings is 1. The summed E-state index contributed by atoms with van der Waals surface area (Å²) in [5.41, 5.74) is 0.872. The van der Waals surface area contributed by atoms with Crippen molar-refractivity contribution in [2.24, 2.45) is 14.1 Å². The number of aromatic nitrogens is 4. The molecule has 1 aromatic carbocycles. The summed E-state index contributed by atoms with van der Waals surface area (Å²) < 4.78 is 3.81. The Morgan fingerprint density at radius 2 is 1.72 bits per heavy atom. The van der Waals surface area contributed by atoms with Gasteiger partial charge in [-0.05, 0) is 5.56 Å². The van der Waals surface area contributed by atoms with Gasteiger partial charge in [0.25, 0.3) is 5.56 Å². The van der Waals surface area contributed by atoms with E-state index in [0.717, 1.165) is 43.8 Å². The molecule has 0 unspecified atom stereocenters. The summed E-state index contributed by atoms with van der Waals surface area (Å²) in [6.45, 7) is 5.71. The maximum atomic E-state index is 12.7. The van der Waals surface area contributed by atoms with Crippen molar-refractivity contribution >= 4 is 17.1 Å². The van der Waals surface area contributed by atoms with Crippen molar-refractivity contribution in [3.05, 3.63) is 63.1 Å². The van der Waals surface area contributed by atoms with Gasteiger partial charge in [-0.25, -0.2) is 14.3 Å². The normalized spacial score (nSPS) is 15.3.